The van der Waals surface area contributed by atoms with E-state index in [1.165, 1.54) is 22.2 Å². The summed E-state index contributed by atoms with van der Waals surface area (Å²) in [5.74, 6) is 0.370. The van der Waals surface area contributed by atoms with E-state index in [1.807, 2.05) is 0 Å². The van der Waals surface area contributed by atoms with Crippen LogP contribution in [-0.2, 0) is 12.8 Å². The number of aromatic amines is 1. The van der Waals surface area contributed by atoms with Gasteiger partial charge in [-0.25, -0.2) is 0 Å². The first kappa shape index (κ1) is 16.0. The highest BCUT2D eigenvalue weighted by molar-refractivity contribution is 6.31. The maximum Gasteiger partial charge on any atom is 0.255 e. The fourth-order valence-corrected chi connectivity index (χ4v) is 3.78. The second kappa shape index (κ2) is 6.12. The Hall–Kier alpha value is -2.46. The number of hydrogen-bond donors (Lipinski definition) is 2. The Morgan fingerprint density at radius 2 is 2.08 bits per heavy atom. The number of aromatic nitrogens is 1. The second-order valence-corrected chi connectivity index (χ2v) is 6.99. The summed E-state index contributed by atoms with van der Waals surface area (Å²) in [6.45, 7) is 2.10. The van der Waals surface area contributed by atoms with Gasteiger partial charge in [0.1, 0.15) is 5.75 Å². The molecule has 4 rings (SSSR count). The van der Waals surface area contributed by atoms with Crippen LogP contribution in [0.2, 0.25) is 5.02 Å². The first-order chi connectivity index (χ1) is 12.0. The molecule has 128 valence electrons. The van der Waals surface area contributed by atoms with E-state index in [4.69, 9.17) is 16.3 Å². The molecular formula is C20H19ClN2O2. The molecule has 0 bridgehead atoms. The summed E-state index contributed by atoms with van der Waals surface area (Å²) >= 11 is 6.03. The number of ether oxygens (including phenoxy) is 1. The zero-order chi connectivity index (χ0) is 17.6. The number of benzene rings is 2. The minimum atomic E-state index is -0.157. The maximum atomic E-state index is 12.7. The second-order valence-electron chi connectivity index (χ2n) is 6.55. The van der Waals surface area contributed by atoms with E-state index in [0.717, 1.165) is 18.4 Å². The molecule has 25 heavy (non-hydrogen) atoms. The minimum Gasteiger partial charge on any atom is -0.496 e. The molecule has 0 spiro atoms. The third kappa shape index (κ3) is 2.87. The lowest BCUT2D eigenvalue weighted by atomic mass is 10.1. The van der Waals surface area contributed by atoms with Crippen LogP contribution in [-0.4, -0.2) is 24.0 Å². The van der Waals surface area contributed by atoms with Crippen LogP contribution in [0.25, 0.3) is 10.9 Å². The van der Waals surface area contributed by atoms with Crippen LogP contribution < -0.4 is 10.1 Å². The molecule has 3 aromatic rings. The van der Waals surface area contributed by atoms with E-state index in [2.05, 4.69) is 35.4 Å². The zero-order valence-electron chi connectivity index (χ0n) is 14.2. The van der Waals surface area contributed by atoms with Crippen molar-refractivity contribution in [3.8, 4) is 5.75 Å². The number of aryl methyl sites for hydroxylation is 1. The Bertz CT molecular complexity index is 977. The van der Waals surface area contributed by atoms with Crippen molar-refractivity contribution in [3.05, 3.63) is 63.8 Å². The number of carbonyl (C=O) groups excluding carboxylic acids is 1. The number of rotatable bonds is 3. The summed E-state index contributed by atoms with van der Waals surface area (Å²) in [5.41, 5.74) is 5.39. The van der Waals surface area contributed by atoms with Crippen molar-refractivity contribution < 1.29 is 9.53 Å². The van der Waals surface area contributed by atoms with E-state index < -0.39 is 0 Å². The monoisotopic (exact) mass is 354 g/mol. The van der Waals surface area contributed by atoms with Gasteiger partial charge < -0.3 is 15.0 Å². The smallest absolute Gasteiger partial charge is 0.255 e. The van der Waals surface area contributed by atoms with Crippen molar-refractivity contribution in [3.63, 3.8) is 0 Å². The van der Waals surface area contributed by atoms with Gasteiger partial charge >= 0.3 is 0 Å². The van der Waals surface area contributed by atoms with Gasteiger partial charge in [-0.15, -0.1) is 0 Å². The molecule has 1 atom stereocenters. The van der Waals surface area contributed by atoms with E-state index in [-0.39, 0.29) is 11.9 Å². The first-order valence-electron chi connectivity index (χ1n) is 8.29. The maximum absolute atomic E-state index is 12.7. The number of amides is 1. The predicted octanol–water partition coefficient (Wildman–Crippen LogP) is 4.04. The number of methoxy groups -OCH3 is 1. The van der Waals surface area contributed by atoms with Crippen molar-refractivity contribution in [1.29, 1.82) is 0 Å². The standard InChI is InChI=1S/C20H19ClN2O2/c1-11-3-5-17-14(7-11)15-9-13(10-18(15)23-17)22-20(24)16-8-12(21)4-6-19(16)25-2/h3-8,13,23H,9-10H2,1-2H3,(H,22,24). The van der Waals surface area contributed by atoms with Crippen molar-refractivity contribution >= 4 is 28.4 Å². The third-order valence-corrected chi connectivity index (χ3v) is 5.03. The molecule has 0 aliphatic heterocycles. The SMILES string of the molecule is COc1ccc(Cl)cc1C(=O)NC1Cc2[nH]c3ccc(C)cc3c2C1. The summed E-state index contributed by atoms with van der Waals surface area (Å²) < 4.78 is 5.28. The van der Waals surface area contributed by atoms with Gasteiger partial charge in [-0.05, 0) is 49.2 Å². The Morgan fingerprint density at radius 3 is 2.88 bits per heavy atom. The normalized spacial score (nSPS) is 16.0. The molecule has 0 fully saturated rings. The third-order valence-electron chi connectivity index (χ3n) is 4.79. The highest BCUT2D eigenvalue weighted by atomic mass is 35.5. The molecule has 1 amide bonds. The summed E-state index contributed by atoms with van der Waals surface area (Å²) in [6.07, 6.45) is 1.63. The van der Waals surface area contributed by atoms with Gasteiger partial charge in [-0.1, -0.05) is 23.2 Å². The van der Waals surface area contributed by atoms with Crippen molar-refractivity contribution in [1.82, 2.24) is 10.3 Å². The average Bonchev–Trinajstić information content (AvgIpc) is 3.12. The van der Waals surface area contributed by atoms with Crippen LogP contribution in [0.5, 0.6) is 5.75 Å². The highest BCUT2D eigenvalue weighted by Crippen LogP contribution is 2.31. The molecule has 0 radical (unpaired) electrons. The minimum absolute atomic E-state index is 0.0716. The largest absolute Gasteiger partial charge is 0.496 e. The van der Waals surface area contributed by atoms with Crippen molar-refractivity contribution in [2.75, 3.05) is 7.11 Å². The molecule has 0 saturated carbocycles. The van der Waals surface area contributed by atoms with Crippen LogP contribution >= 0.6 is 11.6 Å². The molecular weight excluding hydrogens is 336 g/mol. The predicted molar refractivity (Wildman–Crippen MR) is 99.7 cm³/mol. The molecule has 0 saturated heterocycles. The lowest BCUT2D eigenvalue weighted by Gasteiger charge is -2.14. The van der Waals surface area contributed by atoms with Crippen LogP contribution in [0.15, 0.2) is 36.4 Å². The van der Waals surface area contributed by atoms with E-state index in [1.54, 1.807) is 25.3 Å². The van der Waals surface area contributed by atoms with Gasteiger partial charge in [0.25, 0.3) is 5.91 Å². The van der Waals surface area contributed by atoms with Crippen molar-refractivity contribution in [2.24, 2.45) is 0 Å². The molecule has 1 aromatic heterocycles. The van der Waals surface area contributed by atoms with Gasteiger partial charge in [0.05, 0.1) is 12.7 Å². The van der Waals surface area contributed by atoms with Crippen LogP contribution in [0.1, 0.15) is 27.2 Å². The average molecular weight is 355 g/mol. The van der Waals surface area contributed by atoms with E-state index >= 15 is 0 Å². The summed E-state index contributed by atoms with van der Waals surface area (Å²) in [6, 6.07) is 11.6. The molecule has 1 heterocycles. The van der Waals surface area contributed by atoms with E-state index in [0.29, 0.717) is 16.3 Å². The highest BCUT2D eigenvalue weighted by Gasteiger charge is 2.27. The topological polar surface area (TPSA) is 54.1 Å². The lowest BCUT2D eigenvalue weighted by Crippen LogP contribution is -2.35. The fourth-order valence-electron chi connectivity index (χ4n) is 3.61. The lowest BCUT2D eigenvalue weighted by molar-refractivity contribution is 0.0935. The molecule has 2 aromatic carbocycles. The molecule has 1 aliphatic carbocycles. The van der Waals surface area contributed by atoms with Crippen LogP contribution in [0, 0.1) is 6.92 Å². The van der Waals surface area contributed by atoms with Gasteiger partial charge in [-0.3, -0.25) is 4.79 Å². The zero-order valence-corrected chi connectivity index (χ0v) is 14.9. The number of carbonyl (C=O) groups is 1. The Balaban J connectivity index is 1.56. The summed E-state index contributed by atoms with van der Waals surface area (Å²) in [5, 5.41) is 4.89. The summed E-state index contributed by atoms with van der Waals surface area (Å²) in [7, 11) is 1.55. The summed E-state index contributed by atoms with van der Waals surface area (Å²) in [4.78, 5) is 16.1. The molecule has 1 aliphatic rings. The number of fused-ring (bicyclic) bond motifs is 3. The number of nitrogens with one attached hydrogen (secondary N) is 2. The molecule has 5 heteroatoms. The van der Waals surface area contributed by atoms with Gasteiger partial charge in [0, 0.05) is 34.1 Å². The molecule has 1 unspecified atom stereocenters. The Labute approximate surface area is 151 Å². The fraction of sp³-hybridized carbons (Fsp3) is 0.250. The number of hydrogen-bond acceptors (Lipinski definition) is 2. The van der Waals surface area contributed by atoms with Crippen molar-refractivity contribution in [2.45, 2.75) is 25.8 Å². The number of halogens is 1. The van der Waals surface area contributed by atoms with Crippen LogP contribution in [0.3, 0.4) is 0 Å². The van der Waals surface area contributed by atoms with Gasteiger partial charge in [0.15, 0.2) is 0 Å². The van der Waals surface area contributed by atoms with Crippen LogP contribution in [0.4, 0.5) is 0 Å². The van der Waals surface area contributed by atoms with E-state index in [9.17, 15) is 4.79 Å². The molecule has 4 nitrogen and oxygen atoms in total. The first-order valence-corrected chi connectivity index (χ1v) is 8.67. The Kier molecular flexibility index (Phi) is 3.92. The van der Waals surface area contributed by atoms with Gasteiger partial charge in [-0.2, -0.15) is 0 Å². The molecule has 2 N–H and O–H groups in total. The Morgan fingerprint density at radius 1 is 1.24 bits per heavy atom. The van der Waals surface area contributed by atoms with Gasteiger partial charge in [0.2, 0.25) is 0 Å². The quantitative estimate of drug-likeness (QED) is 0.746. The number of H-pyrrole nitrogens is 1.